The van der Waals surface area contributed by atoms with Crippen LogP contribution in [0.5, 0.6) is 0 Å². The first kappa shape index (κ1) is 10.8. The monoisotopic (exact) mass is 194 g/mol. The Hall–Kier alpha value is -1.25. The summed E-state index contributed by atoms with van der Waals surface area (Å²) in [5.41, 5.74) is 0.933. The van der Waals surface area contributed by atoms with Crippen LogP contribution < -0.4 is 10.9 Å². The smallest absolute Gasteiger partial charge is 0.248 e. The van der Waals surface area contributed by atoms with Crippen LogP contribution in [0.3, 0.4) is 0 Å². The molecule has 14 heavy (non-hydrogen) atoms. The van der Waals surface area contributed by atoms with Crippen molar-refractivity contribution in [2.75, 3.05) is 11.9 Å². The van der Waals surface area contributed by atoms with Crippen LogP contribution in [0.25, 0.3) is 0 Å². The maximum atomic E-state index is 10.8. The molecule has 0 fully saturated rings. The van der Waals surface area contributed by atoms with E-state index in [0.29, 0.717) is 0 Å². The summed E-state index contributed by atoms with van der Waals surface area (Å²) < 4.78 is 0. The minimum Gasteiger partial charge on any atom is -0.384 e. The van der Waals surface area contributed by atoms with Gasteiger partial charge < -0.3 is 10.3 Å². The molecule has 78 valence electrons. The molecule has 0 saturated carbocycles. The predicted molar refractivity (Wildman–Crippen MR) is 59.7 cm³/mol. The van der Waals surface area contributed by atoms with Gasteiger partial charge in [-0.3, -0.25) is 4.79 Å². The fourth-order valence-corrected chi connectivity index (χ4v) is 1.31. The quantitative estimate of drug-likeness (QED) is 0.683. The standard InChI is InChI=1S/C11H18N2O/c1-2-3-4-5-8-12-10-6-7-11(14)13-9-10/h6-7,9,12H,2-5,8H2,1H3,(H,13,14). The molecule has 1 heterocycles. The van der Waals surface area contributed by atoms with E-state index < -0.39 is 0 Å². The molecule has 0 aliphatic heterocycles. The molecule has 2 N–H and O–H groups in total. The van der Waals surface area contributed by atoms with Crippen molar-refractivity contribution in [3.8, 4) is 0 Å². The molecule has 0 bridgehead atoms. The number of anilines is 1. The van der Waals surface area contributed by atoms with Crippen molar-refractivity contribution in [2.24, 2.45) is 0 Å². The summed E-state index contributed by atoms with van der Waals surface area (Å²) in [7, 11) is 0. The average molecular weight is 194 g/mol. The molecule has 3 heteroatoms. The van der Waals surface area contributed by atoms with E-state index in [-0.39, 0.29) is 5.56 Å². The third-order valence-electron chi connectivity index (χ3n) is 2.14. The first-order chi connectivity index (χ1) is 6.83. The molecule has 1 aromatic rings. The number of unbranched alkanes of at least 4 members (excludes halogenated alkanes) is 3. The lowest BCUT2D eigenvalue weighted by Gasteiger charge is -2.04. The first-order valence-corrected chi connectivity index (χ1v) is 5.25. The Morgan fingerprint density at radius 1 is 1.29 bits per heavy atom. The van der Waals surface area contributed by atoms with Gasteiger partial charge in [-0.15, -0.1) is 0 Å². The molecule has 0 aliphatic carbocycles. The van der Waals surface area contributed by atoms with Crippen LogP contribution in [0.4, 0.5) is 5.69 Å². The summed E-state index contributed by atoms with van der Waals surface area (Å²) in [6.07, 6.45) is 6.73. The van der Waals surface area contributed by atoms with Gasteiger partial charge in [-0.25, -0.2) is 0 Å². The van der Waals surface area contributed by atoms with Gasteiger partial charge in [0.2, 0.25) is 5.56 Å². The minimum absolute atomic E-state index is 0.0541. The Labute approximate surface area is 84.6 Å². The van der Waals surface area contributed by atoms with Gasteiger partial charge in [-0.1, -0.05) is 26.2 Å². The van der Waals surface area contributed by atoms with Gasteiger partial charge in [0, 0.05) is 18.8 Å². The van der Waals surface area contributed by atoms with Gasteiger partial charge in [0.1, 0.15) is 0 Å². The van der Waals surface area contributed by atoms with Crippen LogP contribution in [-0.4, -0.2) is 11.5 Å². The number of hydrogen-bond donors (Lipinski definition) is 2. The van der Waals surface area contributed by atoms with Gasteiger partial charge >= 0.3 is 0 Å². The summed E-state index contributed by atoms with van der Waals surface area (Å²) in [6.45, 7) is 3.18. The number of rotatable bonds is 6. The third-order valence-corrected chi connectivity index (χ3v) is 2.14. The molecule has 0 unspecified atom stereocenters. The predicted octanol–water partition coefficient (Wildman–Crippen LogP) is 2.37. The largest absolute Gasteiger partial charge is 0.384 e. The van der Waals surface area contributed by atoms with Gasteiger partial charge in [-0.2, -0.15) is 0 Å². The fourth-order valence-electron chi connectivity index (χ4n) is 1.31. The molecule has 0 aliphatic rings. The second-order valence-electron chi connectivity index (χ2n) is 3.43. The summed E-state index contributed by atoms with van der Waals surface area (Å²) in [4.78, 5) is 13.4. The van der Waals surface area contributed by atoms with Gasteiger partial charge in [0.05, 0.1) is 5.69 Å². The van der Waals surface area contributed by atoms with E-state index >= 15 is 0 Å². The van der Waals surface area contributed by atoms with Crippen LogP contribution in [0.1, 0.15) is 32.6 Å². The SMILES string of the molecule is CCCCCCNc1ccc(=O)[nH]c1. The molecule has 1 rings (SSSR count). The Morgan fingerprint density at radius 3 is 2.79 bits per heavy atom. The topological polar surface area (TPSA) is 44.9 Å². The number of hydrogen-bond acceptors (Lipinski definition) is 2. The number of pyridine rings is 1. The van der Waals surface area contributed by atoms with Crippen molar-refractivity contribution >= 4 is 5.69 Å². The number of aromatic amines is 1. The van der Waals surface area contributed by atoms with Crippen molar-refractivity contribution in [3.05, 3.63) is 28.7 Å². The summed E-state index contributed by atoms with van der Waals surface area (Å²) in [5.74, 6) is 0. The number of H-pyrrole nitrogens is 1. The molecule has 0 spiro atoms. The van der Waals surface area contributed by atoms with Crippen molar-refractivity contribution < 1.29 is 0 Å². The highest BCUT2D eigenvalue weighted by molar-refractivity contribution is 5.39. The zero-order valence-corrected chi connectivity index (χ0v) is 8.68. The van der Waals surface area contributed by atoms with Gasteiger partial charge in [0.25, 0.3) is 0 Å². The van der Waals surface area contributed by atoms with E-state index in [1.165, 1.54) is 31.7 Å². The second kappa shape index (κ2) is 6.24. The van der Waals surface area contributed by atoms with Crippen LogP contribution in [-0.2, 0) is 0 Å². The molecule has 0 amide bonds. The first-order valence-electron chi connectivity index (χ1n) is 5.25. The fraction of sp³-hybridized carbons (Fsp3) is 0.545. The summed E-state index contributed by atoms with van der Waals surface area (Å²) in [6, 6.07) is 3.34. The maximum absolute atomic E-state index is 10.8. The summed E-state index contributed by atoms with van der Waals surface area (Å²) >= 11 is 0. The zero-order chi connectivity index (χ0) is 10.2. The highest BCUT2D eigenvalue weighted by atomic mass is 16.1. The van der Waals surface area contributed by atoms with Crippen LogP contribution in [0.2, 0.25) is 0 Å². The number of nitrogens with one attached hydrogen (secondary N) is 2. The zero-order valence-electron chi connectivity index (χ0n) is 8.68. The Kier molecular flexibility index (Phi) is 4.83. The Morgan fingerprint density at radius 2 is 2.14 bits per heavy atom. The Balaban J connectivity index is 2.18. The van der Waals surface area contributed by atoms with Crippen molar-refractivity contribution in [3.63, 3.8) is 0 Å². The van der Waals surface area contributed by atoms with Crippen molar-refractivity contribution in [1.29, 1.82) is 0 Å². The van der Waals surface area contributed by atoms with E-state index in [1.54, 1.807) is 12.3 Å². The lowest BCUT2D eigenvalue weighted by atomic mass is 10.2. The summed E-state index contributed by atoms with van der Waals surface area (Å²) in [5, 5.41) is 3.26. The van der Waals surface area contributed by atoms with Crippen molar-refractivity contribution in [1.82, 2.24) is 4.98 Å². The van der Waals surface area contributed by atoms with Crippen LogP contribution >= 0.6 is 0 Å². The van der Waals surface area contributed by atoms with E-state index in [2.05, 4.69) is 17.2 Å². The molecular weight excluding hydrogens is 176 g/mol. The van der Waals surface area contributed by atoms with Crippen LogP contribution in [0.15, 0.2) is 23.1 Å². The Bertz CT molecular complexity index is 286. The van der Waals surface area contributed by atoms with E-state index in [9.17, 15) is 4.79 Å². The molecule has 3 nitrogen and oxygen atoms in total. The maximum Gasteiger partial charge on any atom is 0.248 e. The lowest BCUT2D eigenvalue weighted by molar-refractivity contribution is 0.685. The normalized spacial score (nSPS) is 10.1. The van der Waals surface area contributed by atoms with Gasteiger partial charge in [-0.05, 0) is 12.5 Å². The number of aromatic nitrogens is 1. The van der Waals surface area contributed by atoms with E-state index in [0.717, 1.165) is 12.2 Å². The molecule has 0 saturated heterocycles. The minimum atomic E-state index is -0.0541. The van der Waals surface area contributed by atoms with Crippen molar-refractivity contribution in [2.45, 2.75) is 32.6 Å². The highest BCUT2D eigenvalue weighted by Crippen LogP contribution is 2.03. The van der Waals surface area contributed by atoms with E-state index in [1.807, 2.05) is 0 Å². The average Bonchev–Trinajstić information content (AvgIpc) is 2.21. The molecule has 1 aromatic heterocycles. The molecule has 0 radical (unpaired) electrons. The lowest BCUT2D eigenvalue weighted by Crippen LogP contribution is -2.06. The van der Waals surface area contributed by atoms with Gasteiger partial charge in [0.15, 0.2) is 0 Å². The highest BCUT2D eigenvalue weighted by Gasteiger charge is 1.91. The van der Waals surface area contributed by atoms with E-state index in [4.69, 9.17) is 0 Å². The van der Waals surface area contributed by atoms with Crippen LogP contribution in [0, 0.1) is 0 Å². The third kappa shape index (κ3) is 4.12. The second-order valence-corrected chi connectivity index (χ2v) is 3.43. The molecule has 0 atom stereocenters. The molecular formula is C11H18N2O. The molecule has 0 aromatic carbocycles.